The number of nitrogens with one attached hydrogen (secondary N) is 2. The zero-order valence-electron chi connectivity index (χ0n) is 29.4. The summed E-state index contributed by atoms with van der Waals surface area (Å²) in [6.45, 7) is 16.2. The summed E-state index contributed by atoms with van der Waals surface area (Å²) in [6, 6.07) is 6.28. The van der Waals surface area contributed by atoms with E-state index in [9.17, 15) is 0 Å². The maximum atomic E-state index is 4.58. The van der Waals surface area contributed by atoms with Gasteiger partial charge in [0.2, 0.25) is 0 Å². The molecule has 48 heavy (non-hydrogen) atoms. The van der Waals surface area contributed by atoms with Crippen LogP contribution >= 0.6 is 0 Å². The SMILES string of the molecule is CC(C)N=C([N-]C(C)C)Nc1cccc(NC(=NC(C)C)[N-]C(C)C)n1.[CH]1[CH][CH][CH][CH]1.[CH]1[CH][CH][CH][CH]1.[CH]1[CH][CH][CH][CH]1.[CH]1[CH][CH][CH][CH]1.[Yb+3].[Yb+3]. The number of aliphatic imine (C=N–C) groups is 2. The maximum absolute atomic E-state index is 4.58. The van der Waals surface area contributed by atoms with Crippen LogP contribution < -0.4 is 10.6 Å². The minimum Gasteiger partial charge on any atom is -0.397 e. The van der Waals surface area contributed by atoms with E-state index in [1.807, 2.05) is 202 Å². The van der Waals surface area contributed by atoms with Crippen LogP contribution in [0.15, 0.2) is 28.2 Å². The maximum Gasteiger partial charge on any atom is 3.00 e. The molecule has 0 spiro atoms. The Hall–Kier alpha value is 0.729. The molecule has 0 amide bonds. The Bertz CT molecular complexity index is 784. The van der Waals surface area contributed by atoms with E-state index >= 15 is 0 Å². The number of hydrogen-bond acceptors (Lipinski definition) is 3. The van der Waals surface area contributed by atoms with Gasteiger partial charge in [0.15, 0.2) is 0 Å². The average Bonchev–Trinajstić information content (AvgIpc) is 3.83. The van der Waals surface area contributed by atoms with Crippen LogP contribution in [-0.4, -0.2) is 41.1 Å². The summed E-state index contributed by atoms with van der Waals surface area (Å²) in [4.78, 5) is 13.6. The van der Waals surface area contributed by atoms with E-state index < -0.39 is 0 Å². The first-order valence-electron chi connectivity index (χ1n) is 15.9. The minimum atomic E-state index is 0. The molecule has 4 aliphatic rings. The number of anilines is 2. The molecule has 1 heterocycles. The number of rotatable bonds is 6. The third-order valence-corrected chi connectivity index (χ3v) is 4.97. The van der Waals surface area contributed by atoms with E-state index in [0.717, 1.165) is 0 Å². The average molecular weight is 966 g/mol. The number of guanidine groups is 2. The van der Waals surface area contributed by atoms with Crippen molar-refractivity contribution >= 4 is 23.6 Å². The Kier molecular flexibility index (Phi) is 36.9. The molecule has 9 heteroatoms. The van der Waals surface area contributed by atoms with Gasteiger partial charge in [-0.25, -0.2) is 4.98 Å². The molecule has 7 nitrogen and oxygen atoms in total. The zero-order valence-corrected chi connectivity index (χ0v) is 32.8. The molecule has 1 aromatic heterocycles. The fourth-order valence-electron chi connectivity index (χ4n) is 3.26. The topological polar surface area (TPSA) is 89.9 Å². The van der Waals surface area contributed by atoms with Gasteiger partial charge in [0, 0.05) is 11.9 Å². The summed E-state index contributed by atoms with van der Waals surface area (Å²) in [6.07, 6.45) is 40.0. The van der Waals surface area contributed by atoms with Crippen LogP contribution in [0.2, 0.25) is 0 Å². The van der Waals surface area contributed by atoms with Gasteiger partial charge in [0.25, 0.3) is 0 Å². The molecule has 2 N–H and O–H groups in total. The number of pyridine rings is 1. The second kappa shape index (κ2) is 34.8. The second-order valence-corrected chi connectivity index (χ2v) is 11.0. The first-order valence-corrected chi connectivity index (χ1v) is 15.9. The monoisotopic (exact) mass is 967 g/mol. The largest absolute Gasteiger partial charge is 3.00 e. The fourth-order valence-corrected chi connectivity index (χ4v) is 3.26. The Morgan fingerprint density at radius 3 is 0.875 bits per heavy atom. The smallest absolute Gasteiger partial charge is 0.397 e. The fraction of sp³-hybridized carbons (Fsp3) is 0.308. The third-order valence-electron chi connectivity index (χ3n) is 4.97. The molecule has 1 aromatic rings. The number of aromatic nitrogens is 1. The molecule has 0 aromatic carbocycles. The van der Waals surface area contributed by atoms with E-state index in [2.05, 4.69) is 36.2 Å². The molecule has 0 bridgehead atoms. The molecule has 22 radical (unpaired) electrons. The van der Waals surface area contributed by atoms with Crippen molar-refractivity contribution in [3.8, 4) is 0 Å². The molecular weight excluding hydrogens is 913 g/mol. The van der Waals surface area contributed by atoms with Crippen molar-refractivity contribution in [2.75, 3.05) is 10.6 Å². The van der Waals surface area contributed by atoms with Gasteiger partial charge in [0.05, 0.1) is 11.6 Å². The predicted octanol–water partition coefficient (Wildman–Crippen LogP) is 9.08. The van der Waals surface area contributed by atoms with E-state index in [0.29, 0.717) is 23.6 Å². The number of hydrogen-bond donors (Lipinski definition) is 2. The summed E-state index contributed by atoms with van der Waals surface area (Å²) >= 11 is 0. The van der Waals surface area contributed by atoms with Crippen LogP contribution in [-0.2, 0) is 0 Å². The van der Waals surface area contributed by atoms with Crippen LogP contribution in [0.1, 0.15) is 55.4 Å². The molecule has 4 saturated carbocycles. The molecule has 4 fully saturated rings. The molecule has 5 rings (SSSR count). The third kappa shape index (κ3) is 32.6. The molecule has 0 atom stereocenters. The molecule has 4 aliphatic carbocycles. The molecule has 0 unspecified atom stereocenters. The number of nitrogens with zero attached hydrogens (tertiary/aromatic N) is 5. The normalized spacial score (nSPS) is 17.0. The summed E-state index contributed by atoms with van der Waals surface area (Å²) in [5.41, 5.74) is 0. The van der Waals surface area contributed by atoms with Crippen molar-refractivity contribution in [3.63, 3.8) is 0 Å². The van der Waals surface area contributed by atoms with E-state index in [1.54, 1.807) is 0 Å². The Morgan fingerprint density at radius 1 is 0.458 bits per heavy atom. The van der Waals surface area contributed by atoms with Gasteiger partial charge in [-0.2, -0.15) is 0 Å². The van der Waals surface area contributed by atoms with Gasteiger partial charge < -0.3 is 31.3 Å². The standard InChI is InChI=1S/C19H33N7.4C5H5.2Yb/c1-12(2)20-18(21-13(3)4)25-16-10-9-11-17(24-16)26-19(22-14(5)6)23-15(7)8;4*1-2-4-5-3-1;;/h9-15H,1-8H3,(H2-2,20,21,22,23,24,25,26);4*1-5H;;/q-2;;;;;2*+3. The Morgan fingerprint density at radius 2 is 0.688 bits per heavy atom. The summed E-state index contributed by atoms with van der Waals surface area (Å²) < 4.78 is 0. The quantitative estimate of drug-likeness (QED) is 0.221. The molecule has 0 aliphatic heterocycles. The van der Waals surface area contributed by atoms with Crippen LogP contribution in [0.3, 0.4) is 0 Å². The molecular formula is C39H53N7Yb2+4. The predicted molar refractivity (Wildman–Crippen MR) is 200 cm³/mol. The van der Waals surface area contributed by atoms with Crippen molar-refractivity contribution in [2.45, 2.75) is 79.6 Å². The van der Waals surface area contributed by atoms with Crippen LogP contribution in [0.5, 0.6) is 0 Å². The van der Waals surface area contributed by atoms with Gasteiger partial charge >= 0.3 is 93.8 Å². The van der Waals surface area contributed by atoms with Crippen LogP contribution in [0.4, 0.5) is 11.6 Å². The Balaban J connectivity index is 0. The van der Waals surface area contributed by atoms with Crippen LogP contribution in [0.25, 0.3) is 10.6 Å². The summed E-state index contributed by atoms with van der Waals surface area (Å²) in [5.74, 6) is 2.52. The van der Waals surface area contributed by atoms with Crippen molar-refractivity contribution in [1.29, 1.82) is 0 Å². The van der Waals surface area contributed by atoms with Crippen molar-refractivity contribution in [3.05, 3.63) is 157 Å². The minimum absolute atomic E-state index is 0. The van der Waals surface area contributed by atoms with Gasteiger partial charge in [-0.05, 0) is 165 Å². The zero-order chi connectivity index (χ0) is 33.8. The van der Waals surface area contributed by atoms with E-state index in [1.165, 1.54) is 0 Å². The van der Waals surface area contributed by atoms with Gasteiger partial charge in [0.1, 0.15) is 0 Å². The van der Waals surface area contributed by atoms with Gasteiger partial charge in [-0.1, -0.05) is 61.5 Å². The van der Waals surface area contributed by atoms with Crippen molar-refractivity contribution in [1.82, 2.24) is 4.98 Å². The second-order valence-electron chi connectivity index (χ2n) is 11.0. The van der Waals surface area contributed by atoms with Gasteiger partial charge in [-0.15, -0.1) is 0 Å². The molecule has 0 saturated heterocycles. The molecule has 268 valence electrons. The van der Waals surface area contributed by atoms with E-state index in [4.69, 9.17) is 0 Å². The first kappa shape index (κ1) is 50.8. The summed E-state index contributed by atoms with van der Waals surface area (Å²) in [5, 5.41) is 15.4. The van der Waals surface area contributed by atoms with Crippen molar-refractivity contribution in [2.24, 2.45) is 9.98 Å². The Labute approximate surface area is 375 Å². The van der Waals surface area contributed by atoms with Crippen molar-refractivity contribution < 1.29 is 93.8 Å². The van der Waals surface area contributed by atoms with Crippen LogP contribution in [0, 0.1) is 222 Å². The van der Waals surface area contributed by atoms with E-state index in [-0.39, 0.29) is 118 Å². The summed E-state index contributed by atoms with van der Waals surface area (Å²) in [7, 11) is 0. The van der Waals surface area contributed by atoms with Gasteiger partial charge in [-0.3, -0.25) is 0 Å². The first-order chi connectivity index (χ1) is 22.2.